The van der Waals surface area contributed by atoms with Crippen molar-refractivity contribution in [3.63, 3.8) is 0 Å². The molecule has 0 fully saturated rings. The van der Waals surface area contributed by atoms with Crippen LogP contribution in [0, 0.1) is 0 Å². The van der Waals surface area contributed by atoms with E-state index in [1.165, 1.54) is 13.2 Å². The number of H-pyrrole nitrogens is 1. The van der Waals surface area contributed by atoms with Gasteiger partial charge in [-0.1, -0.05) is 0 Å². The van der Waals surface area contributed by atoms with Gasteiger partial charge < -0.3 is 26.1 Å². The van der Waals surface area contributed by atoms with Gasteiger partial charge >= 0.3 is 12.0 Å². The van der Waals surface area contributed by atoms with Gasteiger partial charge in [0, 0.05) is 29.7 Å². The highest BCUT2D eigenvalue weighted by Crippen LogP contribution is 2.31. The highest BCUT2D eigenvalue weighted by atomic mass is 19.3. The molecule has 1 aromatic heterocycles. The molecule has 0 radical (unpaired) electrons. The van der Waals surface area contributed by atoms with Crippen LogP contribution in [0.25, 0.3) is 11.3 Å². The Kier molecular flexibility index (Phi) is 5.45. The van der Waals surface area contributed by atoms with Crippen LogP contribution in [-0.4, -0.2) is 48.1 Å². The van der Waals surface area contributed by atoms with Crippen molar-refractivity contribution in [2.24, 2.45) is 5.73 Å². The zero-order valence-corrected chi connectivity index (χ0v) is 15.0. The summed E-state index contributed by atoms with van der Waals surface area (Å²) in [5, 5.41) is 7.22. The Labute approximate surface area is 159 Å². The fourth-order valence-electron chi connectivity index (χ4n) is 2.72. The first-order valence-corrected chi connectivity index (χ1v) is 8.50. The quantitative estimate of drug-likeness (QED) is 0.501. The molecule has 0 aliphatic carbocycles. The number of anilines is 2. The molecular formula is C17H20F2N6O3. The minimum Gasteiger partial charge on any atom is -0.453 e. The third kappa shape index (κ3) is 4.19. The number of ether oxygens (including phenoxy) is 1. The lowest BCUT2D eigenvalue weighted by atomic mass is 10.1. The first-order valence-electron chi connectivity index (χ1n) is 8.50. The highest BCUT2D eigenvalue weighted by Gasteiger charge is 2.38. The molecule has 0 spiro atoms. The van der Waals surface area contributed by atoms with Crippen molar-refractivity contribution in [3.8, 4) is 11.3 Å². The molecule has 1 atom stereocenters. The maximum absolute atomic E-state index is 14.2. The second kappa shape index (κ2) is 7.80. The normalized spacial score (nSPS) is 19.0. The van der Waals surface area contributed by atoms with E-state index in [9.17, 15) is 18.4 Å². The van der Waals surface area contributed by atoms with Crippen molar-refractivity contribution in [2.75, 3.05) is 30.8 Å². The van der Waals surface area contributed by atoms with Gasteiger partial charge in [0.25, 0.3) is 5.91 Å². The van der Waals surface area contributed by atoms with Crippen LogP contribution in [-0.2, 0) is 9.53 Å². The molecular weight excluding hydrogens is 374 g/mol. The summed E-state index contributed by atoms with van der Waals surface area (Å²) < 4.78 is 32.9. The van der Waals surface area contributed by atoms with Gasteiger partial charge in [0.1, 0.15) is 5.82 Å². The molecule has 1 aliphatic rings. The van der Waals surface area contributed by atoms with E-state index in [4.69, 9.17) is 5.73 Å². The highest BCUT2D eigenvalue weighted by molar-refractivity contribution is 5.88. The maximum Gasteiger partial charge on any atom is 0.411 e. The first kappa shape index (κ1) is 19.5. The number of aromatic amines is 1. The number of halogens is 2. The van der Waals surface area contributed by atoms with E-state index in [0.717, 1.165) is 0 Å². The van der Waals surface area contributed by atoms with Crippen LogP contribution in [0.3, 0.4) is 0 Å². The summed E-state index contributed by atoms with van der Waals surface area (Å²) in [6, 6.07) is 4.08. The first-order chi connectivity index (χ1) is 13.3. The van der Waals surface area contributed by atoms with Gasteiger partial charge in [0.05, 0.1) is 25.4 Å². The van der Waals surface area contributed by atoms with Crippen LogP contribution in [0.4, 0.5) is 25.0 Å². The minimum atomic E-state index is -3.64. The molecule has 1 aromatic carbocycles. The number of aromatic nitrogens is 2. The Bertz CT molecular complexity index is 886. The van der Waals surface area contributed by atoms with Crippen molar-refractivity contribution < 1.29 is 23.1 Å². The third-order valence-corrected chi connectivity index (χ3v) is 4.25. The van der Waals surface area contributed by atoms with Crippen LogP contribution < -0.4 is 21.7 Å². The minimum absolute atomic E-state index is 0.00817. The van der Waals surface area contributed by atoms with Crippen LogP contribution in [0.1, 0.15) is 18.3 Å². The number of amides is 2. The second-order valence-electron chi connectivity index (χ2n) is 6.26. The number of methoxy groups -OCH3 is 1. The standard InChI is InChI=1S/C17H20F2N6O3/c1-28-16(27)24-9-2-3-10-12(6-9)23-8-17(18,19)15(26)21-5-4-11(20)14-22-7-13(10)25-14/h2-3,6-7,11,23H,4-5,8,20H2,1H3,(H,21,26)(H,22,25)(H,24,27)/t11-/m0/s1. The third-order valence-electron chi connectivity index (χ3n) is 4.25. The van der Waals surface area contributed by atoms with E-state index >= 15 is 0 Å². The summed E-state index contributed by atoms with van der Waals surface area (Å²) in [4.78, 5) is 30.6. The van der Waals surface area contributed by atoms with Gasteiger partial charge in [-0.15, -0.1) is 0 Å². The molecule has 1 aliphatic heterocycles. The average molecular weight is 394 g/mol. The zero-order valence-electron chi connectivity index (χ0n) is 15.0. The average Bonchev–Trinajstić information content (AvgIpc) is 3.15. The molecule has 2 amide bonds. The van der Waals surface area contributed by atoms with Gasteiger partial charge in [-0.2, -0.15) is 8.78 Å². The molecule has 11 heteroatoms. The van der Waals surface area contributed by atoms with Crippen LogP contribution >= 0.6 is 0 Å². The molecule has 2 bridgehead atoms. The Morgan fingerprint density at radius 3 is 2.93 bits per heavy atom. The molecule has 3 rings (SSSR count). The predicted molar refractivity (Wildman–Crippen MR) is 98.0 cm³/mol. The summed E-state index contributed by atoms with van der Waals surface area (Å²) >= 11 is 0. The van der Waals surface area contributed by atoms with E-state index in [1.54, 1.807) is 18.3 Å². The van der Waals surface area contributed by atoms with Crippen molar-refractivity contribution in [2.45, 2.75) is 18.4 Å². The van der Waals surface area contributed by atoms with Crippen LogP contribution in [0.15, 0.2) is 24.4 Å². The number of hydrogen-bond donors (Lipinski definition) is 5. The number of benzene rings is 1. The maximum atomic E-state index is 14.2. The van der Waals surface area contributed by atoms with Crippen molar-refractivity contribution >= 4 is 23.4 Å². The van der Waals surface area contributed by atoms with Gasteiger partial charge in [0.15, 0.2) is 0 Å². The zero-order chi connectivity index (χ0) is 20.3. The Morgan fingerprint density at radius 2 is 2.18 bits per heavy atom. The van der Waals surface area contributed by atoms with Gasteiger partial charge in [-0.3, -0.25) is 10.1 Å². The summed E-state index contributed by atoms with van der Waals surface area (Å²) in [5.74, 6) is -4.56. The SMILES string of the molecule is COC(=O)Nc1ccc2c(c1)NCC(F)(F)C(=O)NCC[C@H](N)c1nc-2c[nH]1. The Hall–Kier alpha value is -3.21. The van der Waals surface area contributed by atoms with Crippen molar-refractivity contribution in [3.05, 3.63) is 30.2 Å². The topological polar surface area (TPSA) is 134 Å². The molecule has 9 nitrogen and oxygen atoms in total. The summed E-state index contributed by atoms with van der Waals surface area (Å²) in [7, 11) is 1.21. The van der Waals surface area contributed by atoms with Crippen molar-refractivity contribution in [1.29, 1.82) is 0 Å². The smallest absolute Gasteiger partial charge is 0.411 e. The lowest BCUT2D eigenvalue weighted by Crippen LogP contribution is -2.45. The van der Waals surface area contributed by atoms with E-state index in [2.05, 4.69) is 30.7 Å². The fraction of sp³-hybridized carbons (Fsp3) is 0.353. The van der Waals surface area contributed by atoms with E-state index in [0.29, 0.717) is 22.8 Å². The molecule has 28 heavy (non-hydrogen) atoms. The number of carbonyl (C=O) groups is 2. The number of carbonyl (C=O) groups excluding carboxylic acids is 2. The van der Waals surface area contributed by atoms with Crippen LogP contribution in [0.5, 0.6) is 0 Å². The molecule has 6 N–H and O–H groups in total. The molecule has 0 saturated heterocycles. The second-order valence-corrected chi connectivity index (χ2v) is 6.26. The Balaban J connectivity index is 2.01. The van der Waals surface area contributed by atoms with E-state index in [-0.39, 0.29) is 18.7 Å². The number of nitrogens with zero attached hydrogens (tertiary/aromatic N) is 1. The fourth-order valence-corrected chi connectivity index (χ4v) is 2.72. The molecule has 150 valence electrons. The molecule has 0 saturated carbocycles. The van der Waals surface area contributed by atoms with Crippen LogP contribution in [0.2, 0.25) is 0 Å². The number of rotatable bonds is 1. The van der Waals surface area contributed by atoms with Gasteiger partial charge in [-0.05, 0) is 24.6 Å². The number of hydrogen-bond acceptors (Lipinski definition) is 6. The van der Waals surface area contributed by atoms with Gasteiger partial charge in [-0.25, -0.2) is 9.78 Å². The number of fused-ring (bicyclic) bond motifs is 4. The lowest BCUT2D eigenvalue weighted by molar-refractivity contribution is -0.143. The molecule has 2 heterocycles. The monoisotopic (exact) mass is 394 g/mol. The largest absolute Gasteiger partial charge is 0.453 e. The van der Waals surface area contributed by atoms with Gasteiger partial charge in [0.2, 0.25) is 0 Å². The number of alkyl halides is 2. The van der Waals surface area contributed by atoms with E-state index < -0.39 is 30.5 Å². The molecule has 0 unspecified atom stereocenters. The van der Waals surface area contributed by atoms with Crippen molar-refractivity contribution in [1.82, 2.24) is 15.3 Å². The lowest BCUT2D eigenvalue weighted by Gasteiger charge is -2.19. The number of imidazole rings is 1. The number of nitrogens with one attached hydrogen (secondary N) is 4. The summed E-state index contributed by atoms with van der Waals surface area (Å²) in [6.45, 7) is -0.942. The summed E-state index contributed by atoms with van der Waals surface area (Å²) in [5.41, 5.74) is 7.58. The Morgan fingerprint density at radius 1 is 1.39 bits per heavy atom. The van der Waals surface area contributed by atoms with E-state index in [1.807, 2.05) is 0 Å². The molecule has 2 aromatic rings. The predicted octanol–water partition coefficient (Wildman–Crippen LogP) is 1.82. The summed E-state index contributed by atoms with van der Waals surface area (Å²) in [6.07, 6.45) is 1.16. The number of nitrogens with two attached hydrogens (primary N) is 1.